The van der Waals surface area contributed by atoms with Crippen LogP contribution in [-0.2, 0) is 26.5 Å². The first-order valence-electron chi connectivity index (χ1n) is 10.5. The van der Waals surface area contributed by atoms with Crippen LogP contribution in [0.5, 0.6) is 0 Å². The molecule has 3 heterocycles. The number of sulfonamides is 1. The highest BCUT2D eigenvalue weighted by atomic mass is 32.2. The van der Waals surface area contributed by atoms with E-state index in [1.807, 2.05) is 4.57 Å². The van der Waals surface area contributed by atoms with Crippen molar-refractivity contribution in [2.45, 2.75) is 48.7 Å². The third-order valence-electron chi connectivity index (χ3n) is 6.22. The van der Waals surface area contributed by atoms with Crippen molar-refractivity contribution in [1.82, 2.24) is 20.0 Å². The molecule has 34 heavy (non-hydrogen) atoms. The first-order valence-corrected chi connectivity index (χ1v) is 12.0. The van der Waals surface area contributed by atoms with E-state index in [0.29, 0.717) is 35.8 Å². The molecule has 1 spiro atoms. The summed E-state index contributed by atoms with van der Waals surface area (Å²) >= 11 is 0. The molecule has 180 valence electrons. The molecule has 0 radical (unpaired) electrons. The van der Waals surface area contributed by atoms with Gasteiger partial charge in [0.2, 0.25) is 16.0 Å². The Morgan fingerprint density at radius 2 is 1.85 bits per heavy atom. The summed E-state index contributed by atoms with van der Waals surface area (Å²) in [5.74, 6) is 0.459. The SMILES string of the molecule is NS(=O)(=O)c1ccc(Nc2ncc3cc4n(c3n2)C2(CCCCC2)C(=O)NN4)cc1C(F)(F)F. The molecule has 14 heteroatoms. The summed E-state index contributed by atoms with van der Waals surface area (Å²) in [5.41, 5.74) is 3.75. The quantitative estimate of drug-likeness (QED) is 0.437. The number of halogens is 3. The van der Waals surface area contributed by atoms with Crippen molar-refractivity contribution in [3.63, 3.8) is 0 Å². The number of anilines is 3. The van der Waals surface area contributed by atoms with Gasteiger partial charge in [-0.05, 0) is 37.1 Å². The van der Waals surface area contributed by atoms with E-state index in [4.69, 9.17) is 5.14 Å². The van der Waals surface area contributed by atoms with Crippen LogP contribution >= 0.6 is 0 Å². The first kappa shape index (κ1) is 22.4. The molecule has 0 unspecified atom stereocenters. The number of primary sulfonamides is 1. The Bertz CT molecular complexity index is 1410. The second kappa shape index (κ2) is 7.56. The lowest BCUT2D eigenvalue weighted by atomic mass is 9.80. The van der Waals surface area contributed by atoms with E-state index in [2.05, 4.69) is 26.1 Å². The van der Waals surface area contributed by atoms with Gasteiger partial charge < -0.3 is 5.32 Å². The van der Waals surface area contributed by atoms with Crippen LogP contribution in [0, 0.1) is 0 Å². The maximum absolute atomic E-state index is 13.5. The molecule has 1 amide bonds. The van der Waals surface area contributed by atoms with Crippen LogP contribution in [0.3, 0.4) is 0 Å². The fourth-order valence-corrected chi connectivity index (χ4v) is 5.45. The third kappa shape index (κ3) is 3.62. The van der Waals surface area contributed by atoms with Gasteiger partial charge in [0.1, 0.15) is 17.0 Å². The molecule has 3 aromatic rings. The van der Waals surface area contributed by atoms with Gasteiger partial charge in [0, 0.05) is 17.3 Å². The summed E-state index contributed by atoms with van der Waals surface area (Å²) in [6, 6.07) is 4.35. The molecule has 0 saturated heterocycles. The number of hydrogen-bond donors (Lipinski definition) is 4. The van der Waals surface area contributed by atoms with Gasteiger partial charge in [-0.1, -0.05) is 19.3 Å². The average molecular weight is 495 g/mol. The number of rotatable bonds is 3. The summed E-state index contributed by atoms with van der Waals surface area (Å²) in [4.78, 5) is 20.5. The minimum Gasteiger partial charge on any atom is -0.324 e. The van der Waals surface area contributed by atoms with Crippen molar-refractivity contribution < 1.29 is 26.4 Å². The summed E-state index contributed by atoms with van der Waals surface area (Å²) in [5, 5.41) is 8.28. The van der Waals surface area contributed by atoms with Gasteiger partial charge in [0.05, 0.1) is 10.5 Å². The van der Waals surface area contributed by atoms with Gasteiger partial charge in [-0.15, -0.1) is 0 Å². The number of nitrogens with zero attached hydrogens (tertiary/aromatic N) is 3. The number of benzene rings is 1. The smallest absolute Gasteiger partial charge is 0.324 e. The zero-order valence-corrected chi connectivity index (χ0v) is 18.4. The molecule has 1 aliphatic carbocycles. The highest BCUT2D eigenvalue weighted by Crippen LogP contribution is 2.42. The van der Waals surface area contributed by atoms with Crippen molar-refractivity contribution >= 4 is 44.4 Å². The number of aromatic nitrogens is 3. The van der Waals surface area contributed by atoms with E-state index in [-0.39, 0.29) is 17.5 Å². The maximum Gasteiger partial charge on any atom is 0.417 e. The topological polar surface area (TPSA) is 144 Å². The van der Waals surface area contributed by atoms with E-state index in [1.54, 1.807) is 6.07 Å². The van der Waals surface area contributed by atoms with Crippen LogP contribution in [0.25, 0.3) is 11.0 Å². The van der Waals surface area contributed by atoms with Gasteiger partial charge in [-0.2, -0.15) is 18.2 Å². The average Bonchev–Trinajstić information content (AvgIpc) is 3.15. The first-order chi connectivity index (χ1) is 16.0. The Morgan fingerprint density at radius 3 is 2.53 bits per heavy atom. The normalized spacial score (nSPS) is 17.8. The summed E-state index contributed by atoms with van der Waals surface area (Å²) in [6.07, 6.45) is 0.592. The van der Waals surface area contributed by atoms with Crippen molar-refractivity contribution in [1.29, 1.82) is 0 Å². The Morgan fingerprint density at radius 1 is 1.12 bits per heavy atom. The van der Waals surface area contributed by atoms with Crippen LogP contribution in [0.4, 0.5) is 30.6 Å². The van der Waals surface area contributed by atoms with E-state index in [0.717, 1.165) is 31.4 Å². The van der Waals surface area contributed by atoms with Gasteiger partial charge in [-0.3, -0.25) is 20.2 Å². The van der Waals surface area contributed by atoms with E-state index in [9.17, 15) is 26.4 Å². The summed E-state index contributed by atoms with van der Waals surface area (Å²) in [7, 11) is -4.59. The van der Waals surface area contributed by atoms with Gasteiger partial charge in [0.25, 0.3) is 5.91 Å². The molecular formula is C20H20F3N7O3S. The molecule has 2 aromatic heterocycles. The highest BCUT2D eigenvalue weighted by Gasteiger charge is 2.46. The molecule has 1 aliphatic heterocycles. The van der Waals surface area contributed by atoms with Crippen LogP contribution in [0.15, 0.2) is 35.4 Å². The Kier molecular flexibility index (Phi) is 4.98. The van der Waals surface area contributed by atoms with Crippen LogP contribution in [-0.4, -0.2) is 28.9 Å². The van der Waals surface area contributed by atoms with Crippen LogP contribution in [0.1, 0.15) is 37.7 Å². The molecule has 1 fully saturated rings. The van der Waals surface area contributed by atoms with Crippen molar-refractivity contribution in [2.24, 2.45) is 5.14 Å². The Balaban J connectivity index is 1.58. The number of hydrazine groups is 1. The van der Waals surface area contributed by atoms with E-state index >= 15 is 0 Å². The number of hydrogen-bond acceptors (Lipinski definition) is 7. The lowest BCUT2D eigenvalue weighted by Crippen LogP contribution is -2.55. The third-order valence-corrected chi connectivity index (χ3v) is 7.19. The number of nitrogens with one attached hydrogen (secondary N) is 3. The summed E-state index contributed by atoms with van der Waals surface area (Å²) in [6.45, 7) is 0. The molecular weight excluding hydrogens is 475 g/mol. The van der Waals surface area contributed by atoms with Crippen molar-refractivity contribution in [2.75, 3.05) is 10.7 Å². The molecule has 5 rings (SSSR count). The van der Waals surface area contributed by atoms with Gasteiger partial charge >= 0.3 is 6.18 Å². The van der Waals surface area contributed by atoms with Crippen LogP contribution in [0.2, 0.25) is 0 Å². The zero-order valence-electron chi connectivity index (χ0n) is 17.6. The fourth-order valence-electron chi connectivity index (χ4n) is 4.71. The lowest BCUT2D eigenvalue weighted by molar-refractivity contribution is -0.139. The zero-order chi connectivity index (χ0) is 24.3. The molecule has 1 aromatic carbocycles. The monoisotopic (exact) mass is 495 g/mol. The molecule has 5 N–H and O–H groups in total. The standard InChI is InChI=1S/C20H20F3N7O3S/c21-20(22,23)13-9-12(4-5-14(13)34(24,32)33)26-18-25-10-11-8-15-28-29-17(31)19(6-2-1-3-7-19)30(15)16(11)27-18/h4-5,8-10,28H,1-3,6-7H2,(H,29,31)(H2,24,32,33)(H,25,26,27). The van der Waals surface area contributed by atoms with E-state index in [1.165, 1.54) is 6.20 Å². The Labute approximate surface area is 191 Å². The molecule has 2 aliphatic rings. The number of alkyl halides is 3. The number of nitrogens with two attached hydrogens (primary N) is 1. The molecule has 1 saturated carbocycles. The highest BCUT2D eigenvalue weighted by molar-refractivity contribution is 7.89. The largest absolute Gasteiger partial charge is 0.417 e. The predicted octanol–water partition coefficient (Wildman–Crippen LogP) is 2.96. The lowest BCUT2D eigenvalue weighted by Gasteiger charge is -2.41. The van der Waals surface area contributed by atoms with Crippen LogP contribution < -0.4 is 21.3 Å². The summed E-state index contributed by atoms with van der Waals surface area (Å²) < 4.78 is 65.4. The second-order valence-electron chi connectivity index (χ2n) is 8.39. The van der Waals surface area contributed by atoms with Gasteiger partial charge in [-0.25, -0.2) is 18.5 Å². The maximum atomic E-state index is 13.5. The minimum absolute atomic E-state index is 0.0122. The van der Waals surface area contributed by atoms with E-state index < -0.39 is 32.2 Å². The Hall–Kier alpha value is -3.39. The molecule has 0 bridgehead atoms. The molecule has 10 nitrogen and oxygen atoms in total. The van der Waals surface area contributed by atoms with Gasteiger partial charge in [0.15, 0.2) is 0 Å². The number of fused-ring (bicyclic) bond motifs is 4. The second-order valence-corrected chi connectivity index (χ2v) is 9.92. The fraction of sp³-hybridized carbons (Fsp3) is 0.350. The number of carbonyl (C=O) groups is 1. The minimum atomic E-state index is -4.95. The number of carbonyl (C=O) groups excluding carboxylic acids is 1. The van der Waals surface area contributed by atoms with Crippen molar-refractivity contribution in [3.05, 3.63) is 36.0 Å². The van der Waals surface area contributed by atoms with Crippen molar-refractivity contribution in [3.8, 4) is 0 Å². The number of amides is 1. The molecule has 0 atom stereocenters. The predicted molar refractivity (Wildman–Crippen MR) is 116 cm³/mol.